The van der Waals surface area contributed by atoms with E-state index in [1.807, 2.05) is 43.3 Å². The molecule has 3 rings (SSSR count). The Kier molecular flexibility index (Phi) is 9.57. The lowest BCUT2D eigenvalue weighted by Crippen LogP contribution is -2.37. The van der Waals surface area contributed by atoms with E-state index in [1.165, 1.54) is 0 Å². The molecule has 0 atom stereocenters. The summed E-state index contributed by atoms with van der Waals surface area (Å²) in [7, 11) is 1.75. The van der Waals surface area contributed by atoms with Gasteiger partial charge in [0.05, 0.1) is 11.0 Å². The number of aromatic nitrogens is 2. The van der Waals surface area contributed by atoms with Crippen molar-refractivity contribution in [2.75, 3.05) is 20.2 Å². The maximum atomic E-state index is 10.9. The SMILES string of the molecule is CN=C(NCCCn1c(C)nc2ccccc21)NCc1cccc(OCC(N)=O)c1.I. The molecule has 31 heavy (non-hydrogen) atoms. The molecule has 0 aliphatic rings. The molecule has 166 valence electrons. The zero-order valence-corrected chi connectivity index (χ0v) is 20.1. The number of guanidine groups is 1. The number of ether oxygens (including phenoxy) is 1. The second kappa shape index (κ2) is 12.1. The Morgan fingerprint density at radius 1 is 1.19 bits per heavy atom. The van der Waals surface area contributed by atoms with Crippen LogP contribution in [0.3, 0.4) is 0 Å². The molecule has 1 amide bonds. The van der Waals surface area contributed by atoms with Crippen molar-refractivity contribution >= 4 is 46.9 Å². The first kappa shape index (κ1) is 24.4. The van der Waals surface area contributed by atoms with Crippen LogP contribution in [0.15, 0.2) is 53.5 Å². The van der Waals surface area contributed by atoms with Gasteiger partial charge in [0.2, 0.25) is 0 Å². The van der Waals surface area contributed by atoms with E-state index in [2.05, 4.69) is 31.2 Å². The van der Waals surface area contributed by atoms with Crippen LogP contribution < -0.4 is 21.1 Å². The van der Waals surface area contributed by atoms with Crippen LogP contribution in [-0.4, -0.2) is 41.6 Å². The van der Waals surface area contributed by atoms with Gasteiger partial charge < -0.3 is 25.7 Å². The van der Waals surface area contributed by atoms with Gasteiger partial charge in [-0.25, -0.2) is 4.98 Å². The number of para-hydroxylation sites is 2. The summed E-state index contributed by atoms with van der Waals surface area (Å²) in [5.74, 6) is 1.86. The number of primary amides is 1. The van der Waals surface area contributed by atoms with Gasteiger partial charge in [0.15, 0.2) is 12.6 Å². The predicted molar refractivity (Wildman–Crippen MR) is 134 cm³/mol. The lowest BCUT2D eigenvalue weighted by molar-refractivity contribution is -0.119. The largest absolute Gasteiger partial charge is 0.484 e. The molecular formula is C22H29IN6O2. The topological polar surface area (TPSA) is 107 Å². The van der Waals surface area contributed by atoms with Crippen molar-refractivity contribution < 1.29 is 9.53 Å². The lowest BCUT2D eigenvalue weighted by atomic mass is 10.2. The number of nitrogens with zero attached hydrogens (tertiary/aromatic N) is 3. The van der Waals surface area contributed by atoms with Gasteiger partial charge in [0.1, 0.15) is 11.6 Å². The molecule has 0 aliphatic carbocycles. The van der Waals surface area contributed by atoms with Crippen LogP contribution in [0.25, 0.3) is 11.0 Å². The summed E-state index contributed by atoms with van der Waals surface area (Å²) in [6, 6.07) is 15.7. The Bertz CT molecular complexity index is 1030. The fourth-order valence-corrected chi connectivity index (χ4v) is 3.23. The van der Waals surface area contributed by atoms with E-state index < -0.39 is 5.91 Å². The van der Waals surface area contributed by atoms with Gasteiger partial charge in [-0.1, -0.05) is 24.3 Å². The van der Waals surface area contributed by atoms with Crippen molar-refractivity contribution in [3.05, 3.63) is 59.9 Å². The molecule has 0 fully saturated rings. The standard InChI is InChI=1S/C22H28N6O2.HI/c1-16-27-19-9-3-4-10-20(19)28(16)12-6-11-25-22(24-2)26-14-17-7-5-8-18(13-17)30-15-21(23)29;/h3-5,7-10,13H,6,11-12,14-15H2,1-2H3,(H2,23,29)(H2,24,25,26);1H. The van der Waals surface area contributed by atoms with Gasteiger partial charge in [-0.05, 0) is 43.2 Å². The van der Waals surface area contributed by atoms with E-state index in [-0.39, 0.29) is 30.6 Å². The number of carbonyl (C=O) groups excluding carboxylic acids is 1. The first-order valence-electron chi connectivity index (χ1n) is 9.93. The van der Waals surface area contributed by atoms with Gasteiger partial charge in [-0.3, -0.25) is 9.79 Å². The smallest absolute Gasteiger partial charge is 0.255 e. The van der Waals surface area contributed by atoms with Gasteiger partial charge in [0.25, 0.3) is 5.91 Å². The van der Waals surface area contributed by atoms with E-state index in [4.69, 9.17) is 10.5 Å². The van der Waals surface area contributed by atoms with Crippen molar-refractivity contribution in [1.82, 2.24) is 20.2 Å². The summed E-state index contributed by atoms with van der Waals surface area (Å²) in [5, 5.41) is 6.62. The Labute approximate surface area is 199 Å². The van der Waals surface area contributed by atoms with Crippen LogP contribution in [-0.2, 0) is 17.9 Å². The number of aliphatic imine (C=N–C) groups is 1. The van der Waals surface area contributed by atoms with Crippen molar-refractivity contribution in [2.24, 2.45) is 10.7 Å². The normalized spacial score (nSPS) is 11.1. The lowest BCUT2D eigenvalue weighted by Gasteiger charge is -2.13. The van der Waals surface area contributed by atoms with Gasteiger partial charge in [-0.15, -0.1) is 24.0 Å². The third kappa shape index (κ3) is 7.12. The first-order chi connectivity index (χ1) is 14.6. The number of fused-ring (bicyclic) bond motifs is 1. The van der Waals surface area contributed by atoms with E-state index in [0.29, 0.717) is 12.3 Å². The highest BCUT2D eigenvalue weighted by Gasteiger charge is 2.06. The zero-order valence-electron chi connectivity index (χ0n) is 17.8. The summed E-state index contributed by atoms with van der Waals surface area (Å²) >= 11 is 0. The number of halogens is 1. The quantitative estimate of drug-likeness (QED) is 0.169. The predicted octanol–water partition coefficient (Wildman–Crippen LogP) is 2.58. The highest BCUT2D eigenvalue weighted by molar-refractivity contribution is 14.0. The molecule has 0 spiro atoms. The molecule has 0 saturated carbocycles. The van der Waals surface area contributed by atoms with Gasteiger partial charge >= 0.3 is 0 Å². The fourth-order valence-electron chi connectivity index (χ4n) is 3.23. The molecule has 4 N–H and O–H groups in total. The number of nitrogens with two attached hydrogens (primary N) is 1. The average Bonchev–Trinajstić information content (AvgIpc) is 3.07. The third-order valence-electron chi connectivity index (χ3n) is 4.66. The molecule has 0 saturated heterocycles. The monoisotopic (exact) mass is 536 g/mol. The summed E-state index contributed by atoms with van der Waals surface area (Å²) in [4.78, 5) is 19.7. The summed E-state index contributed by atoms with van der Waals surface area (Å²) < 4.78 is 7.58. The van der Waals surface area contributed by atoms with E-state index in [9.17, 15) is 4.79 Å². The Hall–Kier alpha value is -2.82. The molecular weight excluding hydrogens is 507 g/mol. The van der Waals surface area contributed by atoms with Crippen LogP contribution in [0.5, 0.6) is 5.75 Å². The minimum Gasteiger partial charge on any atom is -0.484 e. The molecule has 2 aromatic carbocycles. The first-order valence-corrected chi connectivity index (χ1v) is 9.93. The molecule has 0 bridgehead atoms. The fraction of sp³-hybridized carbons (Fsp3) is 0.318. The van der Waals surface area contributed by atoms with Crippen molar-refractivity contribution in [2.45, 2.75) is 26.4 Å². The van der Waals surface area contributed by atoms with Crippen LogP contribution in [0, 0.1) is 6.92 Å². The van der Waals surface area contributed by atoms with Crippen molar-refractivity contribution in [1.29, 1.82) is 0 Å². The van der Waals surface area contributed by atoms with Crippen LogP contribution in [0.2, 0.25) is 0 Å². The molecule has 1 heterocycles. The molecule has 9 heteroatoms. The second-order valence-electron chi connectivity index (χ2n) is 6.91. The number of amides is 1. The summed E-state index contributed by atoms with van der Waals surface area (Å²) in [6.07, 6.45) is 0.943. The number of benzene rings is 2. The maximum Gasteiger partial charge on any atom is 0.255 e. The molecule has 0 radical (unpaired) electrons. The van der Waals surface area contributed by atoms with Crippen LogP contribution in [0.4, 0.5) is 0 Å². The number of imidazole rings is 1. The molecule has 1 aromatic heterocycles. The molecule has 0 unspecified atom stereocenters. The number of carbonyl (C=O) groups is 1. The third-order valence-corrected chi connectivity index (χ3v) is 4.66. The highest BCUT2D eigenvalue weighted by Crippen LogP contribution is 2.15. The Morgan fingerprint density at radius 2 is 2.00 bits per heavy atom. The number of aryl methyl sites for hydroxylation is 2. The zero-order chi connectivity index (χ0) is 21.3. The number of hydrogen-bond acceptors (Lipinski definition) is 4. The van der Waals surface area contributed by atoms with E-state index >= 15 is 0 Å². The molecule has 8 nitrogen and oxygen atoms in total. The Balaban J connectivity index is 0.00000341. The van der Waals surface area contributed by atoms with Crippen molar-refractivity contribution in [3.63, 3.8) is 0 Å². The van der Waals surface area contributed by atoms with Crippen LogP contribution in [0.1, 0.15) is 17.8 Å². The van der Waals surface area contributed by atoms with E-state index in [0.717, 1.165) is 47.9 Å². The average molecular weight is 536 g/mol. The molecule has 3 aromatic rings. The van der Waals surface area contributed by atoms with Gasteiger partial charge in [-0.2, -0.15) is 0 Å². The highest BCUT2D eigenvalue weighted by atomic mass is 127. The van der Waals surface area contributed by atoms with Crippen molar-refractivity contribution in [3.8, 4) is 5.75 Å². The summed E-state index contributed by atoms with van der Waals surface area (Å²) in [5.41, 5.74) is 8.32. The second-order valence-corrected chi connectivity index (χ2v) is 6.91. The van der Waals surface area contributed by atoms with E-state index in [1.54, 1.807) is 13.1 Å². The Morgan fingerprint density at radius 3 is 2.77 bits per heavy atom. The minimum absolute atomic E-state index is 0. The summed E-state index contributed by atoms with van der Waals surface area (Å²) in [6.45, 7) is 4.16. The maximum absolute atomic E-state index is 10.9. The number of hydrogen-bond donors (Lipinski definition) is 3. The van der Waals surface area contributed by atoms with Gasteiger partial charge in [0, 0.05) is 26.7 Å². The number of nitrogens with one attached hydrogen (secondary N) is 2. The molecule has 0 aliphatic heterocycles. The minimum atomic E-state index is -0.498. The number of rotatable bonds is 9. The van der Waals surface area contributed by atoms with Crippen LogP contribution >= 0.6 is 24.0 Å².